The van der Waals surface area contributed by atoms with E-state index in [1.54, 1.807) is 13.2 Å². The zero-order chi connectivity index (χ0) is 16.4. The molecule has 2 aromatic rings. The molecule has 0 fully saturated rings. The first-order chi connectivity index (χ1) is 11.1. The van der Waals surface area contributed by atoms with E-state index in [4.69, 9.17) is 4.74 Å². The van der Waals surface area contributed by atoms with Crippen LogP contribution in [0.5, 0.6) is 11.5 Å². The Hall–Kier alpha value is -2.26. The first-order valence-electron chi connectivity index (χ1n) is 7.92. The number of methoxy groups -OCH3 is 1. The average molecular weight is 309 g/mol. The van der Waals surface area contributed by atoms with E-state index in [2.05, 4.69) is 31.1 Å². The van der Waals surface area contributed by atoms with Gasteiger partial charge < -0.3 is 14.7 Å². The third-order valence-corrected chi connectivity index (χ3v) is 4.29. The van der Waals surface area contributed by atoms with Crippen LogP contribution in [0.2, 0.25) is 0 Å². The SMILES string of the molecule is COc1cccc2c1CCC(CN(C)C)=C2c1cccc(O)c1. The molecule has 0 amide bonds. The van der Waals surface area contributed by atoms with E-state index in [9.17, 15) is 5.11 Å². The Balaban J connectivity index is 2.21. The van der Waals surface area contributed by atoms with E-state index in [-0.39, 0.29) is 0 Å². The van der Waals surface area contributed by atoms with Gasteiger partial charge in [0.05, 0.1) is 7.11 Å². The number of ether oxygens (including phenoxy) is 1. The zero-order valence-electron chi connectivity index (χ0n) is 14.0. The molecular weight excluding hydrogens is 286 g/mol. The molecule has 1 aliphatic rings. The molecule has 0 aliphatic heterocycles. The largest absolute Gasteiger partial charge is 0.508 e. The van der Waals surface area contributed by atoms with Crippen LogP contribution in [0.1, 0.15) is 23.1 Å². The second kappa shape index (κ2) is 6.47. The maximum absolute atomic E-state index is 9.90. The van der Waals surface area contributed by atoms with E-state index >= 15 is 0 Å². The normalized spacial score (nSPS) is 14.1. The molecule has 3 rings (SSSR count). The highest BCUT2D eigenvalue weighted by molar-refractivity contribution is 5.86. The maximum Gasteiger partial charge on any atom is 0.122 e. The third-order valence-electron chi connectivity index (χ3n) is 4.29. The molecule has 2 aromatic carbocycles. The van der Waals surface area contributed by atoms with Gasteiger partial charge in [0.25, 0.3) is 0 Å². The number of benzene rings is 2. The molecule has 3 nitrogen and oxygen atoms in total. The summed E-state index contributed by atoms with van der Waals surface area (Å²) in [6.07, 6.45) is 2.00. The number of hydrogen-bond donors (Lipinski definition) is 1. The Bertz CT molecular complexity index is 747. The lowest BCUT2D eigenvalue weighted by Gasteiger charge is -2.27. The Labute approximate surface area is 137 Å². The molecule has 23 heavy (non-hydrogen) atoms. The van der Waals surface area contributed by atoms with Gasteiger partial charge in [0, 0.05) is 12.1 Å². The predicted molar refractivity (Wildman–Crippen MR) is 94.0 cm³/mol. The molecule has 0 saturated carbocycles. The summed E-state index contributed by atoms with van der Waals surface area (Å²) < 4.78 is 5.55. The van der Waals surface area contributed by atoms with Gasteiger partial charge in [-0.25, -0.2) is 0 Å². The number of rotatable bonds is 4. The standard InChI is InChI=1S/C20H23NO2/c1-21(2)13-15-10-11-17-18(8-5-9-19(17)23-3)20(15)14-6-4-7-16(22)12-14/h4-9,12,22H,10-11,13H2,1-3H3. The number of hydrogen-bond acceptors (Lipinski definition) is 3. The smallest absolute Gasteiger partial charge is 0.122 e. The van der Waals surface area contributed by atoms with Crippen molar-refractivity contribution in [2.45, 2.75) is 12.8 Å². The number of phenolic OH excluding ortho intramolecular Hbond substituents is 1. The van der Waals surface area contributed by atoms with Crippen molar-refractivity contribution < 1.29 is 9.84 Å². The molecule has 0 radical (unpaired) electrons. The minimum Gasteiger partial charge on any atom is -0.508 e. The van der Waals surface area contributed by atoms with Crippen molar-refractivity contribution in [1.29, 1.82) is 0 Å². The van der Waals surface area contributed by atoms with Crippen LogP contribution in [-0.2, 0) is 6.42 Å². The molecule has 0 unspecified atom stereocenters. The summed E-state index contributed by atoms with van der Waals surface area (Å²) in [5.41, 5.74) is 6.18. The molecule has 120 valence electrons. The summed E-state index contributed by atoms with van der Waals surface area (Å²) in [6.45, 7) is 0.918. The molecule has 0 bridgehead atoms. The van der Waals surface area contributed by atoms with Crippen molar-refractivity contribution >= 4 is 5.57 Å². The van der Waals surface area contributed by atoms with E-state index in [1.807, 2.05) is 24.3 Å². The van der Waals surface area contributed by atoms with E-state index in [0.29, 0.717) is 5.75 Å². The van der Waals surface area contributed by atoms with Crippen LogP contribution in [0.3, 0.4) is 0 Å². The summed E-state index contributed by atoms with van der Waals surface area (Å²) in [6, 6.07) is 13.8. The fourth-order valence-corrected chi connectivity index (χ4v) is 3.40. The van der Waals surface area contributed by atoms with E-state index in [0.717, 1.165) is 30.7 Å². The minimum absolute atomic E-state index is 0.300. The molecule has 1 N–H and O–H groups in total. The van der Waals surface area contributed by atoms with Crippen molar-refractivity contribution in [2.24, 2.45) is 0 Å². The van der Waals surface area contributed by atoms with Crippen LogP contribution in [0.25, 0.3) is 5.57 Å². The van der Waals surface area contributed by atoms with E-state index in [1.165, 1.54) is 22.3 Å². The van der Waals surface area contributed by atoms with Gasteiger partial charge in [-0.2, -0.15) is 0 Å². The van der Waals surface area contributed by atoms with Gasteiger partial charge in [-0.05, 0) is 67.4 Å². The molecule has 0 saturated heterocycles. The summed E-state index contributed by atoms with van der Waals surface area (Å²) >= 11 is 0. The summed E-state index contributed by atoms with van der Waals surface area (Å²) in [4.78, 5) is 2.20. The van der Waals surface area contributed by atoms with Gasteiger partial charge in [-0.3, -0.25) is 0 Å². The highest BCUT2D eigenvalue weighted by Gasteiger charge is 2.23. The second-order valence-electron chi connectivity index (χ2n) is 6.25. The van der Waals surface area contributed by atoms with Crippen LogP contribution in [0, 0.1) is 0 Å². The second-order valence-corrected chi connectivity index (χ2v) is 6.25. The molecule has 0 atom stereocenters. The molecule has 0 aromatic heterocycles. The van der Waals surface area contributed by atoms with Gasteiger partial charge in [0.15, 0.2) is 0 Å². The van der Waals surface area contributed by atoms with Crippen LogP contribution in [0.15, 0.2) is 48.0 Å². The quantitative estimate of drug-likeness (QED) is 0.934. The molecule has 0 spiro atoms. The highest BCUT2D eigenvalue weighted by Crippen LogP contribution is 2.40. The van der Waals surface area contributed by atoms with Crippen molar-refractivity contribution in [1.82, 2.24) is 4.90 Å². The van der Waals surface area contributed by atoms with Crippen molar-refractivity contribution in [3.05, 3.63) is 64.7 Å². The van der Waals surface area contributed by atoms with Gasteiger partial charge in [-0.1, -0.05) is 24.3 Å². The Kier molecular flexibility index (Phi) is 4.39. The van der Waals surface area contributed by atoms with Crippen LogP contribution in [0.4, 0.5) is 0 Å². The minimum atomic E-state index is 0.300. The van der Waals surface area contributed by atoms with Crippen molar-refractivity contribution in [2.75, 3.05) is 27.7 Å². The topological polar surface area (TPSA) is 32.7 Å². The number of likely N-dealkylation sites (N-methyl/N-ethyl adjacent to an activating group) is 1. The molecular formula is C20H23NO2. The average Bonchev–Trinajstić information content (AvgIpc) is 2.53. The first kappa shape index (κ1) is 15.6. The molecule has 0 heterocycles. The maximum atomic E-state index is 9.90. The molecule has 3 heteroatoms. The number of aromatic hydroxyl groups is 1. The zero-order valence-corrected chi connectivity index (χ0v) is 14.0. The van der Waals surface area contributed by atoms with Crippen LogP contribution < -0.4 is 4.74 Å². The number of phenols is 1. The van der Waals surface area contributed by atoms with Gasteiger partial charge in [0.1, 0.15) is 11.5 Å². The van der Waals surface area contributed by atoms with Crippen molar-refractivity contribution in [3.8, 4) is 11.5 Å². The van der Waals surface area contributed by atoms with Gasteiger partial charge >= 0.3 is 0 Å². The van der Waals surface area contributed by atoms with Gasteiger partial charge in [-0.15, -0.1) is 0 Å². The monoisotopic (exact) mass is 309 g/mol. The predicted octanol–water partition coefficient (Wildman–Crippen LogP) is 3.71. The van der Waals surface area contributed by atoms with Gasteiger partial charge in [0.2, 0.25) is 0 Å². The lowest BCUT2D eigenvalue weighted by molar-refractivity contribution is 0.407. The summed E-state index contributed by atoms with van der Waals surface area (Å²) in [7, 11) is 5.91. The van der Waals surface area contributed by atoms with Crippen LogP contribution >= 0.6 is 0 Å². The lowest BCUT2D eigenvalue weighted by atomic mass is 9.81. The fourth-order valence-electron chi connectivity index (χ4n) is 3.40. The van der Waals surface area contributed by atoms with Crippen molar-refractivity contribution in [3.63, 3.8) is 0 Å². The molecule has 1 aliphatic carbocycles. The Morgan fingerprint density at radius 3 is 2.57 bits per heavy atom. The summed E-state index contributed by atoms with van der Waals surface area (Å²) in [5.74, 6) is 1.25. The fraction of sp³-hybridized carbons (Fsp3) is 0.300. The third kappa shape index (κ3) is 3.10. The summed E-state index contributed by atoms with van der Waals surface area (Å²) in [5, 5.41) is 9.90. The Morgan fingerprint density at radius 1 is 1.09 bits per heavy atom. The Morgan fingerprint density at radius 2 is 1.87 bits per heavy atom. The van der Waals surface area contributed by atoms with E-state index < -0.39 is 0 Å². The number of nitrogens with zero attached hydrogens (tertiary/aromatic N) is 1. The highest BCUT2D eigenvalue weighted by atomic mass is 16.5. The lowest BCUT2D eigenvalue weighted by Crippen LogP contribution is -2.19. The first-order valence-corrected chi connectivity index (χ1v) is 7.92. The van der Waals surface area contributed by atoms with Crippen LogP contribution in [-0.4, -0.2) is 37.8 Å². The number of fused-ring (bicyclic) bond motifs is 1.